The molecule has 8 heteroatoms. The molecular weight excluding hydrogens is 271 g/mol. The number of anilines is 1. The smallest absolute Gasteiger partial charge is 0.750 e. The third-order valence-electron chi connectivity index (χ3n) is 1.89. The van der Waals surface area contributed by atoms with Gasteiger partial charge in [-0.05, 0) is 12.1 Å². The maximum Gasteiger partial charge on any atom is 1.00 e. The Morgan fingerprint density at radius 2 is 1.88 bits per heavy atom. The van der Waals surface area contributed by atoms with Crippen molar-refractivity contribution in [3.05, 3.63) is 30.3 Å². The number of nitrogens with one attached hydrogen (secondary N) is 1. The van der Waals surface area contributed by atoms with Crippen LogP contribution in [0.2, 0.25) is 0 Å². The second-order valence-electron chi connectivity index (χ2n) is 2.99. The summed E-state index contributed by atoms with van der Waals surface area (Å²) in [6, 6.07) is 9.83. The van der Waals surface area contributed by atoms with Crippen LogP contribution in [0.3, 0.4) is 0 Å². The molecule has 88 valence electrons. The minimum absolute atomic E-state index is 0. The van der Waals surface area contributed by atoms with Crippen molar-refractivity contribution >= 4 is 23.0 Å². The first-order valence-electron chi connectivity index (χ1n) is 4.50. The summed E-state index contributed by atoms with van der Waals surface area (Å²) in [6.07, 6.45) is 0.592. The Balaban J connectivity index is 0.000000453. The molecule has 0 saturated carbocycles. The molecule has 0 aromatic heterocycles. The van der Waals surface area contributed by atoms with Crippen LogP contribution in [-0.2, 0) is 16.2 Å². The number of benzene rings is 1. The summed E-state index contributed by atoms with van der Waals surface area (Å²) >= 11 is -2.86. The van der Waals surface area contributed by atoms with Crippen LogP contribution in [0.1, 0.15) is 6.42 Å². The van der Waals surface area contributed by atoms with Gasteiger partial charge in [-0.2, -0.15) is 0 Å². The molecule has 2 rings (SSSR count). The van der Waals surface area contributed by atoms with E-state index in [9.17, 15) is 4.79 Å². The van der Waals surface area contributed by atoms with Crippen LogP contribution in [-0.4, -0.2) is 25.8 Å². The molecule has 1 heterocycles. The van der Waals surface area contributed by atoms with Crippen LogP contribution in [0.25, 0.3) is 0 Å². The summed E-state index contributed by atoms with van der Waals surface area (Å²) in [4.78, 5) is 10.9. The molecule has 0 bridgehead atoms. The summed E-state index contributed by atoms with van der Waals surface area (Å²) in [7, 11) is 0. The molecule has 1 saturated heterocycles. The Bertz CT molecular complexity index is 373. The van der Waals surface area contributed by atoms with Gasteiger partial charge >= 0.3 is 51.4 Å². The molecule has 0 radical (unpaired) electrons. The largest absolute Gasteiger partial charge is 1.00 e. The third-order valence-corrected chi connectivity index (χ3v) is 1.89. The standard InChI is InChI=1S/C9H10N2O.K.H2O3S/c12-9-6-7-11(10-9)8-4-2-1-3-5-8;;1-4(2)3/h1-5H,6-7H2,(H,10,12);;(H2,1,2,3)/q;+1;/p-1. The van der Waals surface area contributed by atoms with Crippen LogP contribution >= 0.6 is 0 Å². The molecule has 1 aromatic carbocycles. The predicted octanol–water partition coefficient (Wildman–Crippen LogP) is -2.73. The molecule has 2 N–H and O–H groups in total. The molecule has 6 nitrogen and oxygen atoms in total. The second kappa shape index (κ2) is 9.17. The van der Waals surface area contributed by atoms with Crippen molar-refractivity contribution in [2.45, 2.75) is 6.42 Å². The average Bonchev–Trinajstić information content (AvgIpc) is 2.65. The van der Waals surface area contributed by atoms with Crippen molar-refractivity contribution in [3.63, 3.8) is 0 Å². The normalized spacial score (nSPS) is 15.2. The fraction of sp³-hybridized carbons (Fsp3) is 0.222. The van der Waals surface area contributed by atoms with Gasteiger partial charge in [-0.3, -0.25) is 15.2 Å². The van der Waals surface area contributed by atoms with E-state index in [1.807, 2.05) is 35.3 Å². The van der Waals surface area contributed by atoms with Crippen molar-refractivity contribution in [2.24, 2.45) is 0 Å². The van der Waals surface area contributed by atoms with E-state index in [0.29, 0.717) is 6.42 Å². The number of rotatable bonds is 1. The van der Waals surface area contributed by atoms with Crippen LogP contribution in [0.5, 0.6) is 0 Å². The van der Waals surface area contributed by atoms with Crippen molar-refractivity contribution in [1.82, 2.24) is 5.43 Å². The van der Waals surface area contributed by atoms with Gasteiger partial charge in [-0.15, -0.1) is 0 Å². The number of nitrogens with zero attached hydrogens (tertiary/aromatic N) is 1. The number of carbonyl (C=O) groups is 1. The first-order valence-corrected chi connectivity index (χ1v) is 5.53. The molecule has 1 aromatic rings. The van der Waals surface area contributed by atoms with Crippen LogP contribution in [0.15, 0.2) is 30.3 Å². The fourth-order valence-corrected chi connectivity index (χ4v) is 1.28. The number of hydrazine groups is 1. The minimum atomic E-state index is -2.86. The van der Waals surface area contributed by atoms with Crippen molar-refractivity contribution in [1.29, 1.82) is 0 Å². The second-order valence-corrected chi connectivity index (χ2v) is 3.42. The van der Waals surface area contributed by atoms with E-state index in [2.05, 4.69) is 5.43 Å². The summed E-state index contributed by atoms with van der Waals surface area (Å²) in [5, 5.41) is 1.86. The van der Waals surface area contributed by atoms with Crippen LogP contribution in [0, 0.1) is 0 Å². The zero-order valence-electron chi connectivity index (χ0n) is 9.33. The number of hydrogen-bond donors (Lipinski definition) is 2. The molecule has 1 atom stereocenters. The summed E-state index contributed by atoms with van der Waals surface area (Å²) in [5.74, 6) is 0.0962. The number of para-hydroxylation sites is 1. The molecule has 1 aliphatic rings. The Labute approximate surface area is 144 Å². The van der Waals surface area contributed by atoms with Gasteiger partial charge < -0.3 is 9.11 Å². The zero-order valence-corrected chi connectivity index (χ0v) is 13.3. The van der Waals surface area contributed by atoms with Crippen LogP contribution in [0.4, 0.5) is 5.69 Å². The topological polar surface area (TPSA) is 92.7 Å². The molecule has 17 heavy (non-hydrogen) atoms. The van der Waals surface area contributed by atoms with Crippen molar-refractivity contribution in [3.8, 4) is 0 Å². The van der Waals surface area contributed by atoms with Crippen LogP contribution < -0.4 is 61.8 Å². The fourth-order valence-electron chi connectivity index (χ4n) is 1.28. The molecular formula is C9H11KN2O4S. The van der Waals surface area contributed by atoms with E-state index in [4.69, 9.17) is 13.3 Å². The molecule has 1 unspecified atom stereocenters. The van der Waals surface area contributed by atoms with Gasteiger partial charge in [-0.25, -0.2) is 4.21 Å². The van der Waals surface area contributed by atoms with E-state index in [0.717, 1.165) is 12.2 Å². The first kappa shape index (κ1) is 17.2. The van der Waals surface area contributed by atoms with Gasteiger partial charge in [-0.1, -0.05) is 18.2 Å². The Kier molecular flexibility index (Phi) is 9.28. The molecule has 1 aliphatic heterocycles. The van der Waals surface area contributed by atoms with E-state index >= 15 is 0 Å². The minimum Gasteiger partial charge on any atom is -0.750 e. The molecule has 0 spiro atoms. The zero-order chi connectivity index (χ0) is 12.0. The van der Waals surface area contributed by atoms with Crippen molar-refractivity contribution < 1.29 is 69.5 Å². The first-order chi connectivity index (χ1) is 7.59. The van der Waals surface area contributed by atoms with E-state index in [1.165, 1.54) is 0 Å². The monoisotopic (exact) mass is 282 g/mol. The number of carbonyl (C=O) groups excluding carboxylic acids is 1. The van der Waals surface area contributed by atoms with Gasteiger partial charge in [0.2, 0.25) is 5.91 Å². The summed E-state index contributed by atoms with van der Waals surface area (Å²) in [6.45, 7) is 0.767. The third kappa shape index (κ3) is 7.27. The van der Waals surface area contributed by atoms with Gasteiger partial charge in [0, 0.05) is 13.0 Å². The summed E-state index contributed by atoms with van der Waals surface area (Å²) in [5.41, 5.74) is 3.81. The summed E-state index contributed by atoms with van der Waals surface area (Å²) < 4.78 is 24.1. The van der Waals surface area contributed by atoms with Gasteiger partial charge in [0.05, 0.1) is 17.0 Å². The number of amides is 1. The number of hydrogen-bond acceptors (Lipinski definition) is 4. The Hall–Kier alpha value is 0.196. The van der Waals surface area contributed by atoms with E-state index in [-0.39, 0.29) is 57.3 Å². The maximum absolute atomic E-state index is 10.9. The SMILES string of the molecule is O=C1CCN(c2ccccc2)N1.O=S([O-])O.[K+]. The van der Waals surface area contributed by atoms with Crippen molar-refractivity contribution in [2.75, 3.05) is 11.6 Å². The van der Waals surface area contributed by atoms with Gasteiger partial charge in [0.15, 0.2) is 0 Å². The van der Waals surface area contributed by atoms with E-state index in [1.54, 1.807) is 0 Å². The molecule has 1 amide bonds. The van der Waals surface area contributed by atoms with E-state index < -0.39 is 11.4 Å². The molecule has 1 fully saturated rings. The predicted molar refractivity (Wildman–Crippen MR) is 58.1 cm³/mol. The average molecular weight is 282 g/mol. The molecule has 0 aliphatic carbocycles. The van der Waals surface area contributed by atoms with Gasteiger partial charge in [0.1, 0.15) is 0 Å². The Morgan fingerprint density at radius 3 is 2.29 bits per heavy atom. The maximum atomic E-state index is 10.9. The van der Waals surface area contributed by atoms with Gasteiger partial charge in [0.25, 0.3) is 0 Å². The Morgan fingerprint density at radius 1 is 1.35 bits per heavy atom. The quantitative estimate of drug-likeness (QED) is 0.431.